The fourth-order valence-electron chi connectivity index (χ4n) is 2.72. The Kier molecular flexibility index (Phi) is 6.96. The van der Waals surface area contributed by atoms with Gasteiger partial charge in [0.1, 0.15) is 6.10 Å². The molecule has 1 heterocycles. The van der Waals surface area contributed by atoms with Crippen molar-refractivity contribution in [2.75, 3.05) is 13.2 Å². The van der Waals surface area contributed by atoms with Crippen molar-refractivity contribution >= 4 is 12.3 Å². The van der Waals surface area contributed by atoms with Crippen molar-refractivity contribution in [3.63, 3.8) is 0 Å². The lowest BCUT2D eigenvalue weighted by atomic mass is 9.89. The number of allylic oxidation sites excluding steroid dienone is 1. The van der Waals surface area contributed by atoms with Crippen LogP contribution in [0.25, 0.3) is 6.08 Å². The second-order valence-corrected chi connectivity index (χ2v) is 6.06. The minimum atomic E-state index is -0.490. The van der Waals surface area contributed by atoms with Gasteiger partial charge < -0.3 is 14.6 Å². The monoisotopic (exact) mass is 317 g/mol. The molecule has 0 aliphatic carbocycles. The lowest BCUT2D eigenvalue weighted by Gasteiger charge is -2.41. The van der Waals surface area contributed by atoms with Crippen LogP contribution in [0.4, 0.5) is 0 Å². The summed E-state index contributed by atoms with van der Waals surface area (Å²) < 4.78 is 11.6. The molecule has 0 saturated carbocycles. The van der Waals surface area contributed by atoms with Gasteiger partial charge in [-0.25, -0.2) is 0 Å². The maximum absolute atomic E-state index is 10.3. The van der Waals surface area contributed by atoms with Crippen molar-refractivity contribution in [2.45, 2.75) is 45.2 Å². The maximum Gasteiger partial charge on any atom is 0.110 e. The van der Waals surface area contributed by atoms with Gasteiger partial charge in [-0.1, -0.05) is 43.3 Å². The predicted molar refractivity (Wildman–Crippen MR) is 93.8 cm³/mol. The molecular weight excluding hydrogens is 290 g/mol. The standard InChI is InChI=1S/C19H27NO3/c1-14-15(2)23-16(3)19(18(14)21)22-13-12-20-11-7-10-17-8-5-4-6-9-17/h4-11,14-16,18-19,21H,12-13H2,1-3H3/b10-7+,20-11?/t14-,15?,16?,18+,19-/m1/s1. The van der Waals surface area contributed by atoms with E-state index in [0.29, 0.717) is 13.2 Å². The van der Waals surface area contributed by atoms with Crippen molar-refractivity contribution in [3.05, 3.63) is 42.0 Å². The highest BCUT2D eigenvalue weighted by Crippen LogP contribution is 2.27. The molecule has 23 heavy (non-hydrogen) atoms. The molecule has 0 amide bonds. The van der Waals surface area contributed by atoms with E-state index in [4.69, 9.17) is 9.47 Å². The lowest BCUT2D eigenvalue weighted by molar-refractivity contribution is -0.201. The zero-order valence-electron chi connectivity index (χ0n) is 14.1. The van der Waals surface area contributed by atoms with Gasteiger partial charge in [0.25, 0.3) is 0 Å². The Morgan fingerprint density at radius 3 is 2.65 bits per heavy atom. The number of ether oxygens (including phenoxy) is 2. The minimum Gasteiger partial charge on any atom is -0.390 e. The van der Waals surface area contributed by atoms with E-state index >= 15 is 0 Å². The van der Waals surface area contributed by atoms with Gasteiger partial charge in [-0.2, -0.15) is 0 Å². The Bertz CT molecular complexity index is 515. The molecule has 2 rings (SSSR count). The van der Waals surface area contributed by atoms with Gasteiger partial charge in [-0.3, -0.25) is 4.99 Å². The van der Waals surface area contributed by atoms with Crippen LogP contribution in [0.5, 0.6) is 0 Å². The second-order valence-electron chi connectivity index (χ2n) is 6.06. The molecule has 0 aromatic heterocycles. The smallest absolute Gasteiger partial charge is 0.110 e. The molecule has 1 fully saturated rings. The highest BCUT2D eigenvalue weighted by atomic mass is 16.6. The first-order valence-corrected chi connectivity index (χ1v) is 8.26. The van der Waals surface area contributed by atoms with Crippen LogP contribution >= 0.6 is 0 Å². The Morgan fingerprint density at radius 2 is 1.91 bits per heavy atom. The zero-order valence-corrected chi connectivity index (χ0v) is 14.1. The molecule has 2 unspecified atom stereocenters. The maximum atomic E-state index is 10.3. The van der Waals surface area contributed by atoms with Crippen LogP contribution in [-0.4, -0.2) is 48.9 Å². The van der Waals surface area contributed by atoms with Gasteiger partial charge in [0.15, 0.2) is 0 Å². The minimum absolute atomic E-state index is 0.0565. The van der Waals surface area contributed by atoms with Gasteiger partial charge in [-0.15, -0.1) is 0 Å². The van der Waals surface area contributed by atoms with E-state index in [-0.39, 0.29) is 24.2 Å². The number of hydrogen-bond acceptors (Lipinski definition) is 4. The molecular formula is C19H27NO3. The van der Waals surface area contributed by atoms with E-state index in [1.165, 1.54) is 0 Å². The molecule has 126 valence electrons. The third-order valence-electron chi connectivity index (χ3n) is 4.32. The molecule has 1 aliphatic rings. The third-order valence-corrected chi connectivity index (χ3v) is 4.32. The van der Waals surface area contributed by atoms with Gasteiger partial charge in [-0.05, 0) is 25.5 Å². The summed E-state index contributed by atoms with van der Waals surface area (Å²) >= 11 is 0. The third kappa shape index (κ3) is 5.27. The van der Waals surface area contributed by atoms with E-state index in [2.05, 4.69) is 4.99 Å². The largest absolute Gasteiger partial charge is 0.390 e. The van der Waals surface area contributed by atoms with E-state index in [0.717, 1.165) is 5.56 Å². The molecule has 1 aliphatic heterocycles. The SMILES string of the molecule is CC1OC(C)[C@@H](OCCN=C/C=C/c2ccccc2)[C@@H](O)[C@@H]1C. The summed E-state index contributed by atoms with van der Waals surface area (Å²) in [5.74, 6) is 0.0773. The van der Waals surface area contributed by atoms with Gasteiger partial charge in [0.05, 0.1) is 31.5 Å². The van der Waals surface area contributed by atoms with Crippen LogP contribution in [0.2, 0.25) is 0 Å². The summed E-state index contributed by atoms with van der Waals surface area (Å²) in [5.41, 5.74) is 1.15. The van der Waals surface area contributed by atoms with E-state index in [1.54, 1.807) is 6.21 Å². The summed E-state index contributed by atoms with van der Waals surface area (Å²) in [4.78, 5) is 4.30. The normalized spacial score (nSPS) is 31.9. The fourth-order valence-corrected chi connectivity index (χ4v) is 2.72. The first-order valence-electron chi connectivity index (χ1n) is 8.26. The zero-order chi connectivity index (χ0) is 16.7. The number of nitrogens with zero attached hydrogens (tertiary/aromatic N) is 1. The summed E-state index contributed by atoms with van der Waals surface area (Å²) in [5, 5.41) is 10.3. The predicted octanol–water partition coefficient (Wildman–Crippen LogP) is 2.96. The van der Waals surface area contributed by atoms with Crippen molar-refractivity contribution in [2.24, 2.45) is 10.9 Å². The van der Waals surface area contributed by atoms with Gasteiger partial charge >= 0.3 is 0 Å². The van der Waals surface area contributed by atoms with Crippen LogP contribution < -0.4 is 0 Å². The van der Waals surface area contributed by atoms with Gasteiger partial charge in [0, 0.05) is 12.1 Å². The first kappa shape index (κ1) is 17.9. The van der Waals surface area contributed by atoms with Crippen LogP contribution in [0.1, 0.15) is 26.3 Å². The first-order chi connectivity index (χ1) is 11.1. The number of rotatable bonds is 6. The Labute approximate surface area is 138 Å². The average molecular weight is 317 g/mol. The van der Waals surface area contributed by atoms with E-state index < -0.39 is 6.10 Å². The fraction of sp³-hybridized carbons (Fsp3) is 0.526. The average Bonchev–Trinajstić information content (AvgIpc) is 2.55. The summed E-state index contributed by atoms with van der Waals surface area (Å²) in [7, 11) is 0. The highest BCUT2D eigenvalue weighted by Gasteiger charge is 2.39. The molecule has 0 radical (unpaired) electrons. The number of aliphatic imine (C=N–C) groups is 1. The van der Waals surface area contributed by atoms with Crippen molar-refractivity contribution in [1.82, 2.24) is 0 Å². The summed E-state index contributed by atoms with van der Waals surface area (Å²) in [6.45, 7) is 6.97. The number of benzene rings is 1. The summed E-state index contributed by atoms with van der Waals surface area (Å²) in [6.07, 6.45) is 4.89. The summed E-state index contributed by atoms with van der Waals surface area (Å²) in [6, 6.07) is 10.1. The van der Waals surface area contributed by atoms with Crippen LogP contribution in [0, 0.1) is 5.92 Å². The molecule has 1 N–H and O–H groups in total. The van der Waals surface area contributed by atoms with Crippen LogP contribution in [-0.2, 0) is 9.47 Å². The highest BCUT2D eigenvalue weighted by molar-refractivity contribution is 5.78. The molecule has 1 aromatic carbocycles. The van der Waals surface area contributed by atoms with Gasteiger partial charge in [0.2, 0.25) is 0 Å². The van der Waals surface area contributed by atoms with Crippen LogP contribution in [0.3, 0.4) is 0 Å². The molecule has 5 atom stereocenters. The quantitative estimate of drug-likeness (QED) is 0.648. The molecule has 1 saturated heterocycles. The Balaban J connectivity index is 1.70. The van der Waals surface area contributed by atoms with Crippen molar-refractivity contribution < 1.29 is 14.6 Å². The van der Waals surface area contributed by atoms with Crippen molar-refractivity contribution in [3.8, 4) is 0 Å². The topological polar surface area (TPSA) is 51.0 Å². The molecule has 0 spiro atoms. The van der Waals surface area contributed by atoms with E-state index in [1.807, 2.05) is 63.3 Å². The molecule has 0 bridgehead atoms. The molecule has 1 aromatic rings. The number of aliphatic hydroxyl groups excluding tert-OH is 1. The van der Waals surface area contributed by atoms with Crippen LogP contribution in [0.15, 0.2) is 41.4 Å². The Hall–Kier alpha value is -1.49. The molecule has 4 heteroatoms. The van der Waals surface area contributed by atoms with E-state index in [9.17, 15) is 5.11 Å². The van der Waals surface area contributed by atoms with Crippen molar-refractivity contribution in [1.29, 1.82) is 0 Å². The molecule has 4 nitrogen and oxygen atoms in total. The lowest BCUT2D eigenvalue weighted by Crippen LogP contribution is -2.52. The number of hydrogen-bond donors (Lipinski definition) is 1. The second kappa shape index (κ2) is 8.96. The Morgan fingerprint density at radius 1 is 1.17 bits per heavy atom. The number of aliphatic hydroxyl groups is 1.